The van der Waals surface area contributed by atoms with Crippen LogP contribution in [-0.2, 0) is 101 Å². The van der Waals surface area contributed by atoms with Crippen LogP contribution in [0.5, 0.6) is 0 Å². The Balaban J connectivity index is 1.98. The van der Waals surface area contributed by atoms with Crippen molar-refractivity contribution >= 4 is 118 Å². The Morgan fingerprint density at radius 1 is 0.437 bits per heavy atom. The highest BCUT2D eigenvalue weighted by atomic mass is 32.2. The van der Waals surface area contributed by atoms with E-state index in [1.807, 2.05) is 0 Å². The van der Waals surface area contributed by atoms with E-state index in [1.54, 1.807) is 108 Å². The molecular weight excluding hydrogens is 1660 g/mol. The third-order valence-corrected chi connectivity index (χ3v) is 21.1. The topological polar surface area (TPSA) is 720 Å². The van der Waals surface area contributed by atoms with Crippen molar-refractivity contribution in [1.82, 2.24) is 89.7 Å². The van der Waals surface area contributed by atoms with Crippen LogP contribution in [0.25, 0.3) is 0 Å². The van der Waals surface area contributed by atoms with Crippen molar-refractivity contribution < 1.29 is 91.7 Å². The third-order valence-electron chi connectivity index (χ3n) is 20.4. The maximum Gasteiger partial charge on any atom is 0.326 e. The number of thioether (sulfide) groups is 1. The van der Waals surface area contributed by atoms with Crippen LogP contribution in [0, 0.1) is 23.2 Å². The lowest BCUT2D eigenvalue weighted by Crippen LogP contribution is -2.62. The normalized spacial score (nSPS) is 15.2. The van der Waals surface area contributed by atoms with Gasteiger partial charge in [0.25, 0.3) is 0 Å². The molecule has 16 amide bonds. The molecule has 0 saturated heterocycles. The highest BCUT2D eigenvalue weighted by Gasteiger charge is 2.40. The van der Waals surface area contributed by atoms with Crippen molar-refractivity contribution in [3.05, 3.63) is 90.0 Å². The number of guanidine groups is 1. The Morgan fingerprint density at radius 2 is 0.810 bits per heavy atom. The zero-order valence-electron chi connectivity index (χ0n) is 73.2. The SMILES string of the molecule is CC[C@H](C)[C@H](NC(=O)[C@H](Cc1ccccc1)NC(=O)[C@@H](NC(=O)[C@H](C)NC(=O)[C@H](CCSC)NC(=O)[C@H](CCC(N)=O)NC(=O)[C@H](NC(=O)[C@H](C)NC(=O)[C@@H](N)[C@@H](C)O)C(C)C)C(C)C)C(=O)N[C@@H](Cc1cnc[nH]1)C(=O)N[C@@H](CC(N)=O)C(=O)N[C@@H](Cc1ccccc1)C(=O)N[C@@H](CCCCN)C(=O)N[C@@H](CCCNC(=N)N)C(=O)N[C@@H](CCCCN)C(=O)O. The second kappa shape index (κ2) is 56.9. The van der Waals surface area contributed by atoms with Crippen LogP contribution >= 0.6 is 11.8 Å². The molecule has 2 aromatic carbocycles. The van der Waals surface area contributed by atoms with Gasteiger partial charge >= 0.3 is 5.97 Å². The summed E-state index contributed by atoms with van der Waals surface area (Å²) in [5.41, 5.74) is 35.1. The van der Waals surface area contributed by atoms with E-state index in [1.165, 1.54) is 45.1 Å². The number of benzene rings is 2. The number of primary amides is 2. The summed E-state index contributed by atoms with van der Waals surface area (Å²) in [6.07, 6.45) is 2.20. The number of aliphatic hydroxyl groups is 1. The molecule has 0 aliphatic rings. The number of aromatic nitrogens is 2. The minimum absolute atomic E-state index is 0.0155. The van der Waals surface area contributed by atoms with Crippen molar-refractivity contribution in [2.45, 2.75) is 262 Å². The first-order valence-electron chi connectivity index (χ1n) is 42.1. The van der Waals surface area contributed by atoms with Gasteiger partial charge in [0.05, 0.1) is 18.9 Å². The first-order valence-corrected chi connectivity index (χ1v) is 43.5. The standard InChI is InChI=1S/C82H132N24O19S/c1-11-45(6)66(106-76(119)58(38-50-25-16-13-17-26-50)102-79(122)65(44(4)5)105-67(110)46(7)93-69(112)55(32-36-126-10)97-72(115)54(30-31-61(85)108)98-78(121)64(43(2)3)104-68(111)47(8)94-77(120)63(87)48(9)107)80(123)103-59(39-51-41-90-42-92-51)74(117)101-60(40-62(86)109)75(118)100-57(37-49-23-14-12-15-24-49)73(116)96-52(27-18-20-33-83)70(113)95-53(29-22-35-91-82(88)89)71(114)99-56(81(124)125)28-19-21-34-84/h12-17,23-26,41-48,52-60,63-66,107H,11,18-22,27-40,83-84,87H2,1-10H3,(H2,85,108)(H2,86,109)(H,90,92)(H,93,112)(H,94,120)(H,95,113)(H,96,116)(H,97,115)(H,98,121)(H,99,114)(H,100,118)(H,101,117)(H,102,122)(H,103,123)(H,104,111)(H,105,110)(H,106,119)(H,124,125)(H4,88,89,91)/t45-,46-,47-,48+,52-,53-,54-,55-,56-,57-,58-,59-,60-,63-,64+,65-,66-/m0/s1. The lowest BCUT2D eigenvalue weighted by molar-refractivity contribution is -0.142. The molecule has 700 valence electrons. The number of imidazole rings is 1. The Hall–Kier alpha value is -11.9. The molecule has 43 nitrogen and oxygen atoms in total. The van der Waals surface area contributed by atoms with E-state index in [-0.39, 0.29) is 108 Å². The number of carboxylic acids is 1. The Morgan fingerprint density at radius 3 is 1.23 bits per heavy atom. The van der Waals surface area contributed by atoms with Crippen LogP contribution in [-0.4, -0.2) is 255 Å². The number of nitrogens with one attached hydrogen (secondary N) is 17. The van der Waals surface area contributed by atoms with E-state index in [0.717, 1.165) is 0 Å². The highest BCUT2D eigenvalue weighted by molar-refractivity contribution is 7.98. The van der Waals surface area contributed by atoms with Crippen LogP contribution in [0.2, 0.25) is 0 Å². The molecule has 0 spiro atoms. The van der Waals surface area contributed by atoms with Crippen LogP contribution < -0.4 is 114 Å². The predicted octanol–water partition coefficient (Wildman–Crippen LogP) is -5.17. The van der Waals surface area contributed by atoms with Crippen molar-refractivity contribution in [1.29, 1.82) is 5.41 Å². The molecule has 3 aromatic rings. The third kappa shape index (κ3) is 39.5. The van der Waals surface area contributed by atoms with Gasteiger partial charge in [-0.05, 0) is 139 Å². The van der Waals surface area contributed by atoms with E-state index in [9.17, 15) is 82.1 Å². The first kappa shape index (κ1) is 108. The van der Waals surface area contributed by atoms with Crippen molar-refractivity contribution in [2.75, 3.05) is 31.6 Å². The zero-order valence-corrected chi connectivity index (χ0v) is 74.0. The summed E-state index contributed by atoms with van der Waals surface area (Å²) in [4.78, 5) is 244. The molecule has 44 heteroatoms. The molecule has 0 fully saturated rings. The number of rotatable bonds is 60. The maximum absolute atomic E-state index is 15.0. The monoisotopic (exact) mass is 1790 g/mol. The number of carbonyl (C=O) groups is 17. The molecule has 0 saturated carbocycles. The Kier molecular flexibility index (Phi) is 48.9. The lowest BCUT2D eigenvalue weighted by atomic mass is 9.96. The number of aromatic amines is 1. The van der Waals surface area contributed by atoms with Gasteiger partial charge in [-0.3, -0.25) is 82.1 Å². The fraction of sp³-hybridized carbons (Fsp3) is 0.598. The quantitative estimate of drug-likeness (QED) is 0.0143. The number of H-pyrrole nitrogens is 1. The van der Waals surface area contributed by atoms with Gasteiger partial charge in [-0.1, -0.05) is 109 Å². The number of hydrogen-bond acceptors (Lipinski definition) is 24. The molecule has 0 aliphatic heterocycles. The largest absolute Gasteiger partial charge is 0.480 e. The average molecular weight is 1790 g/mol. The molecule has 17 atom stereocenters. The van der Waals surface area contributed by atoms with Gasteiger partial charge in [0.15, 0.2) is 5.96 Å². The summed E-state index contributed by atoms with van der Waals surface area (Å²) in [7, 11) is 0. The number of hydrogen-bond donors (Lipinski definition) is 25. The van der Waals surface area contributed by atoms with E-state index >= 15 is 9.59 Å². The molecular formula is C82H132N24O19S. The van der Waals surface area contributed by atoms with E-state index < -0.39 is 228 Å². The fourth-order valence-corrected chi connectivity index (χ4v) is 13.2. The van der Waals surface area contributed by atoms with E-state index in [0.29, 0.717) is 30.4 Å². The first-order chi connectivity index (χ1) is 59.5. The Bertz CT molecular complexity index is 4080. The van der Waals surface area contributed by atoms with Crippen LogP contribution in [0.3, 0.4) is 0 Å². The van der Waals surface area contributed by atoms with Gasteiger partial charge in [-0.25, -0.2) is 9.78 Å². The van der Waals surface area contributed by atoms with Crippen LogP contribution in [0.4, 0.5) is 0 Å². The van der Waals surface area contributed by atoms with Crippen LogP contribution in [0.15, 0.2) is 73.2 Å². The minimum Gasteiger partial charge on any atom is -0.480 e. The average Bonchev–Trinajstić information content (AvgIpc) is 0.970. The number of aliphatic carboxylic acids is 1. The van der Waals surface area contributed by atoms with Gasteiger partial charge < -0.3 is 129 Å². The van der Waals surface area contributed by atoms with Crippen molar-refractivity contribution in [2.24, 2.45) is 52.2 Å². The lowest BCUT2D eigenvalue weighted by Gasteiger charge is -2.30. The zero-order chi connectivity index (χ0) is 94.4. The molecule has 126 heavy (non-hydrogen) atoms. The predicted molar refractivity (Wildman–Crippen MR) is 468 cm³/mol. The number of nitrogens with zero attached hydrogens (tertiary/aromatic N) is 1. The maximum atomic E-state index is 15.0. The van der Waals surface area contributed by atoms with E-state index in [4.69, 9.17) is 39.8 Å². The Labute approximate surface area is 737 Å². The minimum atomic E-state index is -1.88. The van der Waals surface area contributed by atoms with Crippen LogP contribution in [0.1, 0.15) is 163 Å². The fourth-order valence-electron chi connectivity index (χ4n) is 12.7. The molecule has 0 unspecified atom stereocenters. The number of carboxylic acid groups (broad SMARTS) is 1. The number of unbranched alkanes of at least 4 members (excludes halogenated alkanes) is 2. The molecule has 0 bridgehead atoms. The molecule has 0 aliphatic carbocycles. The number of aliphatic hydroxyl groups excluding tert-OH is 1. The van der Waals surface area contributed by atoms with Gasteiger partial charge in [0, 0.05) is 44.1 Å². The summed E-state index contributed by atoms with van der Waals surface area (Å²) >= 11 is 1.30. The van der Waals surface area contributed by atoms with Gasteiger partial charge in [0.2, 0.25) is 94.5 Å². The van der Waals surface area contributed by atoms with Gasteiger partial charge in [0.1, 0.15) is 90.6 Å². The molecule has 3 rings (SSSR count). The summed E-state index contributed by atoms with van der Waals surface area (Å²) < 4.78 is 0. The van der Waals surface area contributed by atoms with E-state index in [2.05, 4.69) is 89.7 Å². The highest BCUT2D eigenvalue weighted by Crippen LogP contribution is 2.17. The van der Waals surface area contributed by atoms with Crippen molar-refractivity contribution in [3.63, 3.8) is 0 Å². The summed E-state index contributed by atoms with van der Waals surface area (Å²) in [5, 5.41) is 66.2. The number of carbonyl (C=O) groups excluding carboxylic acids is 16. The molecule has 1 aromatic heterocycles. The van der Waals surface area contributed by atoms with Crippen molar-refractivity contribution in [3.8, 4) is 0 Å². The summed E-state index contributed by atoms with van der Waals surface area (Å²) in [6.45, 7) is 14.1. The number of amides is 16. The molecule has 31 N–H and O–H groups in total. The van der Waals surface area contributed by atoms with Gasteiger partial charge in [-0.15, -0.1) is 0 Å². The summed E-state index contributed by atoms with van der Waals surface area (Å²) in [6, 6.07) is -5.38. The number of nitrogens with two attached hydrogens (primary N) is 6. The van der Waals surface area contributed by atoms with Gasteiger partial charge in [-0.2, -0.15) is 11.8 Å². The summed E-state index contributed by atoms with van der Waals surface area (Å²) in [5.74, 6) is -18.5. The molecule has 0 radical (unpaired) electrons. The second-order valence-electron chi connectivity index (χ2n) is 31.6. The second-order valence-corrected chi connectivity index (χ2v) is 32.6. The smallest absolute Gasteiger partial charge is 0.326 e. The molecule has 1 heterocycles.